The van der Waals surface area contributed by atoms with Crippen LogP contribution in [0.5, 0.6) is 0 Å². The van der Waals surface area contributed by atoms with Gasteiger partial charge in [-0.3, -0.25) is 4.79 Å². The van der Waals surface area contributed by atoms with Crippen LogP contribution in [0.1, 0.15) is 58.8 Å². The first kappa shape index (κ1) is 18.2. The minimum absolute atomic E-state index is 0.139. The molecular formula is C20H30O3. The summed E-state index contributed by atoms with van der Waals surface area (Å²) < 4.78 is 5.82. The number of carbonyl (C=O) groups is 1. The number of rotatable bonds is 2. The Kier molecular flexibility index (Phi) is 5.99. The van der Waals surface area contributed by atoms with E-state index in [1.165, 1.54) is 0 Å². The molecule has 0 radical (unpaired) electrons. The minimum atomic E-state index is -0.452. The third-order valence-corrected chi connectivity index (χ3v) is 5.44. The molecule has 0 saturated carbocycles. The lowest BCUT2D eigenvalue weighted by Gasteiger charge is -2.20. The number of fused-ring (bicyclic) bond motifs is 1. The fourth-order valence-corrected chi connectivity index (χ4v) is 3.39. The predicted octanol–water partition coefficient (Wildman–Crippen LogP) is 4.12. The van der Waals surface area contributed by atoms with E-state index >= 15 is 0 Å². The molecule has 3 nitrogen and oxygen atoms in total. The Morgan fingerprint density at radius 3 is 2.78 bits per heavy atom. The molecule has 3 heteroatoms. The SMILES string of the molecule is C=C(C)[C@@H]1C/C=C(/C=O)CC[C@H]2O[C@]2(C)CC[C@@H](O)C(=C)CC1. The van der Waals surface area contributed by atoms with Gasteiger partial charge in [-0.05, 0) is 75.9 Å². The molecule has 2 rings (SSSR count). The molecule has 0 spiro atoms. The quantitative estimate of drug-likeness (QED) is 0.473. The van der Waals surface area contributed by atoms with Crippen molar-refractivity contribution in [2.45, 2.75) is 76.6 Å². The van der Waals surface area contributed by atoms with Crippen molar-refractivity contribution in [3.8, 4) is 0 Å². The Hall–Kier alpha value is -1.19. The summed E-state index contributed by atoms with van der Waals surface area (Å²) in [5.41, 5.74) is 2.75. The normalized spacial score (nSPS) is 38.7. The van der Waals surface area contributed by atoms with Crippen molar-refractivity contribution >= 4 is 6.29 Å². The number of allylic oxidation sites excluding steroid dienone is 3. The van der Waals surface area contributed by atoms with Crippen LogP contribution in [-0.2, 0) is 9.53 Å². The third kappa shape index (κ3) is 4.89. The highest BCUT2D eigenvalue weighted by Gasteiger charge is 2.51. The average Bonchev–Trinajstić information content (AvgIpc) is 3.17. The van der Waals surface area contributed by atoms with Crippen LogP contribution in [-0.4, -0.2) is 29.2 Å². The van der Waals surface area contributed by atoms with Crippen LogP contribution in [0, 0.1) is 5.92 Å². The maximum absolute atomic E-state index is 11.3. The zero-order valence-corrected chi connectivity index (χ0v) is 14.5. The molecule has 23 heavy (non-hydrogen) atoms. The molecule has 2 aliphatic rings. The first-order chi connectivity index (χ1) is 10.9. The summed E-state index contributed by atoms with van der Waals surface area (Å²) in [5, 5.41) is 10.3. The molecule has 1 aliphatic carbocycles. The van der Waals surface area contributed by atoms with E-state index in [0.29, 0.717) is 12.3 Å². The lowest BCUT2D eigenvalue weighted by Crippen LogP contribution is -2.18. The third-order valence-electron chi connectivity index (χ3n) is 5.44. The summed E-state index contributed by atoms with van der Waals surface area (Å²) in [6.07, 6.45) is 8.49. The standard InChI is InChI=1S/C20H30O3/c1-14(2)17-8-5-15(3)18(22)11-12-20(4)19(23-20)10-7-16(13-21)6-9-17/h6,13,17-19,22H,1,3,5,7-12H2,2,4H3/b16-6+/t17-,18+,19+,20+/m0/s1. The Balaban J connectivity index is 2.10. The number of hydrogen-bond acceptors (Lipinski definition) is 3. The van der Waals surface area contributed by atoms with E-state index < -0.39 is 6.10 Å². The molecule has 128 valence electrons. The number of carbonyl (C=O) groups excluding carboxylic acids is 1. The van der Waals surface area contributed by atoms with Gasteiger partial charge in [0.1, 0.15) is 6.29 Å². The fraction of sp³-hybridized carbons (Fsp3) is 0.650. The molecule has 0 aromatic heterocycles. The second-order valence-electron chi connectivity index (χ2n) is 7.39. The second kappa shape index (κ2) is 7.59. The first-order valence-corrected chi connectivity index (χ1v) is 8.69. The summed E-state index contributed by atoms with van der Waals surface area (Å²) in [7, 11) is 0. The van der Waals surface area contributed by atoms with Crippen molar-refractivity contribution in [3.05, 3.63) is 36.0 Å². The average molecular weight is 318 g/mol. The Morgan fingerprint density at radius 1 is 1.39 bits per heavy atom. The molecule has 1 aliphatic heterocycles. The molecule has 1 fully saturated rings. The van der Waals surface area contributed by atoms with Crippen molar-refractivity contribution < 1.29 is 14.6 Å². The molecule has 1 heterocycles. The topological polar surface area (TPSA) is 49.8 Å². The van der Waals surface area contributed by atoms with E-state index in [-0.39, 0.29) is 11.7 Å². The summed E-state index contributed by atoms with van der Waals surface area (Å²) in [6.45, 7) is 12.3. The Bertz CT molecular complexity index is 505. The smallest absolute Gasteiger partial charge is 0.145 e. The van der Waals surface area contributed by atoms with Gasteiger partial charge in [-0.25, -0.2) is 0 Å². The Labute approximate surface area is 140 Å². The van der Waals surface area contributed by atoms with E-state index in [4.69, 9.17) is 4.74 Å². The van der Waals surface area contributed by atoms with Gasteiger partial charge in [0.05, 0.1) is 17.8 Å². The van der Waals surface area contributed by atoms with Crippen LogP contribution in [0.4, 0.5) is 0 Å². The van der Waals surface area contributed by atoms with Gasteiger partial charge in [-0.1, -0.05) is 24.8 Å². The summed E-state index contributed by atoms with van der Waals surface area (Å²) in [6, 6.07) is 0. The molecule has 0 bridgehead atoms. The largest absolute Gasteiger partial charge is 0.389 e. The van der Waals surface area contributed by atoms with Gasteiger partial charge in [-0.15, -0.1) is 0 Å². The van der Waals surface area contributed by atoms with E-state index in [0.717, 1.165) is 61.5 Å². The zero-order chi connectivity index (χ0) is 17.0. The lowest BCUT2D eigenvalue weighted by atomic mass is 9.87. The highest BCUT2D eigenvalue weighted by molar-refractivity contribution is 5.73. The lowest BCUT2D eigenvalue weighted by molar-refractivity contribution is -0.105. The van der Waals surface area contributed by atoms with Gasteiger partial charge in [0.2, 0.25) is 0 Å². The van der Waals surface area contributed by atoms with Gasteiger partial charge < -0.3 is 9.84 Å². The molecule has 0 amide bonds. The van der Waals surface area contributed by atoms with E-state index in [2.05, 4.69) is 26.2 Å². The van der Waals surface area contributed by atoms with Crippen LogP contribution in [0.3, 0.4) is 0 Å². The Morgan fingerprint density at radius 2 is 2.13 bits per heavy atom. The molecule has 1 saturated heterocycles. The highest BCUT2D eigenvalue weighted by atomic mass is 16.6. The van der Waals surface area contributed by atoms with Crippen LogP contribution in [0.25, 0.3) is 0 Å². The highest BCUT2D eigenvalue weighted by Crippen LogP contribution is 2.44. The van der Waals surface area contributed by atoms with E-state index in [1.807, 2.05) is 6.92 Å². The van der Waals surface area contributed by atoms with Gasteiger partial charge in [-0.2, -0.15) is 0 Å². The fourth-order valence-electron chi connectivity index (χ4n) is 3.39. The molecule has 0 aromatic carbocycles. The first-order valence-electron chi connectivity index (χ1n) is 8.69. The maximum atomic E-state index is 11.3. The van der Waals surface area contributed by atoms with Crippen LogP contribution < -0.4 is 0 Å². The van der Waals surface area contributed by atoms with E-state index in [1.54, 1.807) is 0 Å². The van der Waals surface area contributed by atoms with Crippen molar-refractivity contribution in [1.29, 1.82) is 0 Å². The summed E-state index contributed by atoms with van der Waals surface area (Å²) >= 11 is 0. The second-order valence-corrected chi connectivity index (χ2v) is 7.39. The number of aliphatic hydroxyl groups is 1. The summed E-state index contributed by atoms with van der Waals surface area (Å²) in [4.78, 5) is 11.3. The van der Waals surface area contributed by atoms with Gasteiger partial charge in [0, 0.05) is 0 Å². The van der Waals surface area contributed by atoms with Gasteiger partial charge in [0.15, 0.2) is 0 Å². The van der Waals surface area contributed by atoms with Crippen molar-refractivity contribution in [2.24, 2.45) is 5.92 Å². The predicted molar refractivity (Wildman–Crippen MR) is 93.2 cm³/mol. The number of epoxide rings is 1. The maximum Gasteiger partial charge on any atom is 0.145 e. The van der Waals surface area contributed by atoms with Crippen molar-refractivity contribution in [2.75, 3.05) is 0 Å². The van der Waals surface area contributed by atoms with Crippen LogP contribution in [0.2, 0.25) is 0 Å². The molecule has 0 aromatic rings. The van der Waals surface area contributed by atoms with Gasteiger partial charge in [0.25, 0.3) is 0 Å². The molecule has 0 unspecified atom stereocenters. The zero-order valence-electron chi connectivity index (χ0n) is 14.5. The van der Waals surface area contributed by atoms with Crippen LogP contribution in [0.15, 0.2) is 36.0 Å². The molecule has 1 N–H and O–H groups in total. The van der Waals surface area contributed by atoms with Gasteiger partial charge >= 0.3 is 0 Å². The minimum Gasteiger partial charge on any atom is -0.389 e. The number of ether oxygens (including phenoxy) is 1. The van der Waals surface area contributed by atoms with Crippen LogP contribution >= 0.6 is 0 Å². The number of hydrogen-bond donors (Lipinski definition) is 1. The molecule has 4 atom stereocenters. The number of aliphatic hydroxyl groups excluding tert-OH is 1. The van der Waals surface area contributed by atoms with Crippen molar-refractivity contribution in [1.82, 2.24) is 0 Å². The molecular weight excluding hydrogens is 288 g/mol. The van der Waals surface area contributed by atoms with E-state index in [9.17, 15) is 9.90 Å². The number of aldehydes is 1. The van der Waals surface area contributed by atoms with Crippen molar-refractivity contribution in [3.63, 3.8) is 0 Å². The monoisotopic (exact) mass is 318 g/mol. The summed E-state index contributed by atoms with van der Waals surface area (Å²) in [5.74, 6) is 0.333.